The summed E-state index contributed by atoms with van der Waals surface area (Å²) in [6.07, 6.45) is 1.04. The molecule has 0 fully saturated rings. The van der Waals surface area contributed by atoms with E-state index in [1.807, 2.05) is 25.2 Å². The van der Waals surface area contributed by atoms with Gasteiger partial charge >= 0.3 is 0 Å². The zero-order valence-electron chi connectivity index (χ0n) is 15.5. The number of ether oxygens (including phenoxy) is 2. The molecule has 1 heterocycles. The minimum atomic E-state index is 0. The Kier molecular flexibility index (Phi) is 7.56. The van der Waals surface area contributed by atoms with Crippen LogP contribution < -0.4 is 14.8 Å². The molecule has 1 aliphatic heterocycles. The van der Waals surface area contributed by atoms with E-state index in [4.69, 9.17) is 9.47 Å². The third kappa shape index (κ3) is 4.41. The lowest BCUT2D eigenvalue weighted by molar-refractivity contribution is 0.350. The van der Waals surface area contributed by atoms with E-state index in [1.54, 1.807) is 14.2 Å². The van der Waals surface area contributed by atoms with Crippen LogP contribution in [-0.4, -0.2) is 38.7 Å². The van der Waals surface area contributed by atoms with Crippen LogP contribution in [-0.2, 0) is 19.5 Å². The molecule has 0 unspecified atom stereocenters. The smallest absolute Gasteiger partial charge is 0.194 e. The molecule has 2 aromatic rings. The van der Waals surface area contributed by atoms with Crippen LogP contribution in [0.25, 0.3) is 0 Å². The van der Waals surface area contributed by atoms with Crippen LogP contribution >= 0.6 is 24.0 Å². The number of nitrogens with zero attached hydrogens (tertiary/aromatic N) is 2. The monoisotopic (exact) mass is 467 g/mol. The minimum Gasteiger partial charge on any atom is -0.493 e. The highest BCUT2D eigenvalue weighted by Gasteiger charge is 2.19. The number of nitrogens with one attached hydrogen (secondary N) is 1. The molecule has 3 rings (SSSR count). The van der Waals surface area contributed by atoms with Crippen molar-refractivity contribution < 1.29 is 9.47 Å². The number of benzene rings is 2. The Morgan fingerprint density at radius 3 is 2.54 bits per heavy atom. The Hall–Kier alpha value is -1.96. The van der Waals surface area contributed by atoms with Gasteiger partial charge in [0, 0.05) is 32.2 Å². The predicted octanol–water partition coefficient (Wildman–Crippen LogP) is 3.46. The van der Waals surface area contributed by atoms with Gasteiger partial charge in [0.25, 0.3) is 0 Å². The van der Waals surface area contributed by atoms with Crippen molar-refractivity contribution >= 4 is 29.9 Å². The summed E-state index contributed by atoms with van der Waals surface area (Å²) >= 11 is 0. The van der Waals surface area contributed by atoms with Gasteiger partial charge in [-0.05, 0) is 23.6 Å². The first-order chi connectivity index (χ1) is 12.3. The SMILES string of the molecule is CN=C(NCc1cccc(OC)c1OC)N1CCc2ccccc2C1.I. The van der Waals surface area contributed by atoms with E-state index >= 15 is 0 Å². The molecule has 1 aliphatic rings. The van der Waals surface area contributed by atoms with Crippen LogP contribution in [0, 0.1) is 0 Å². The Morgan fingerprint density at radius 2 is 1.85 bits per heavy atom. The maximum absolute atomic E-state index is 5.51. The third-order valence-electron chi connectivity index (χ3n) is 4.56. The Morgan fingerprint density at radius 1 is 1.08 bits per heavy atom. The van der Waals surface area contributed by atoms with E-state index in [2.05, 4.69) is 39.5 Å². The summed E-state index contributed by atoms with van der Waals surface area (Å²) in [6, 6.07) is 14.5. The van der Waals surface area contributed by atoms with E-state index in [0.717, 1.165) is 42.5 Å². The van der Waals surface area contributed by atoms with Crippen molar-refractivity contribution in [1.29, 1.82) is 0 Å². The molecule has 0 saturated carbocycles. The first-order valence-electron chi connectivity index (χ1n) is 8.49. The fraction of sp³-hybridized carbons (Fsp3) is 0.350. The van der Waals surface area contributed by atoms with E-state index < -0.39 is 0 Å². The number of para-hydroxylation sites is 1. The Bertz CT molecular complexity index is 764. The zero-order chi connectivity index (χ0) is 17.6. The number of hydrogen-bond donors (Lipinski definition) is 1. The summed E-state index contributed by atoms with van der Waals surface area (Å²) in [5.74, 6) is 2.40. The molecule has 0 spiro atoms. The molecule has 0 atom stereocenters. The van der Waals surface area contributed by atoms with Gasteiger partial charge in [-0.15, -0.1) is 24.0 Å². The summed E-state index contributed by atoms with van der Waals surface area (Å²) in [6.45, 7) is 2.47. The van der Waals surface area contributed by atoms with Gasteiger partial charge in [0.05, 0.1) is 14.2 Å². The van der Waals surface area contributed by atoms with E-state index in [9.17, 15) is 0 Å². The zero-order valence-corrected chi connectivity index (χ0v) is 17.8. The van der Waals surface area contributed by atoms with Crippen molar-refractivity contribution in [2.45, 2.75) is 19.5 Å². The second-order valence-corrected chi connectivity index (χ2v) is 5.99. The van der Waals surface area contributed by atoms with Gasteiger partial charge < -0.3 is 19.7 Å². The van der Waals surface area contributed by atoms with E-state index in [-0.39, 0.29) is 24.0 Å². The van der Waals surface area contributed by atoms with Crippen molar-refractivity contribution in [2.75, 3.05) is 27.8 Å². The number of guanidine groups is 1. The maximum Gasteiger partial charge on any atom is 0.194 e. The molecule has 0 saturated heterocycles. The average Bonchev–Trinajstić information content (AvgIpc) is 2.67. The predicted molar refractivity (Wildman–Crippen MR) is 116 cm³/mol. The van der Waals surface area contributed by atoms with Crippen molar-refractivity contribution in [2.24, 2.45) is 4.99 Å². The van der Waals surface area contributed by atoms with Crippen molar-refractivity contribution in [1.82, 2.24) is 10.2 Å². The van der Waals surface area contributed by atoms with Crippen LogP contribution in [0.15, 0.2) is 47.5 Å². The molecule has 2 aromatic carbocycles. The third-order valence-corrected chi connectivity index (χ3v) is 4.56. The van der Waals surface area contributed by atoms with Gasteiger partial charge in [0.2, 0.25) is 0 Å². The second-order valence-electron chi connectivity index (χ2n) is 5.99. The molecule has 26 heavy (non-hydrogen) atoms. The molecular formula is C20H26IN3O2. The first-order valence-corrected chi connectivity index (χ1v) is 8.49. The highest BCUT2D eigenvalue weighted by molar-refractivity contribution is 14.0. The van der Waals surface area contributed by atoms with Gasteiger partial charge in [-0.1, -0.05) is 36.4 Å². The normalized spacial score (nSPS) is 13.5. The first kappa shape index (κ1) is 20.4. The minimum absolute atomic E-state index is 0. The van der Waals surface area contributed by atoms with Crippen molar-refractivity contribution in [3.8, 4) is 11.5 Å². The fourth-order valence-electron chi connectivity index (χ4n) is 3.28. The van der Waals surface area contributed by atoms with Gasteiger partial charge in [-0.3, -0.25) is 4.99 Å². The molecular weight excluding hydrogens is 441 g/mol. The maximum atomic E-state index is 5.51. The van der Waals surface area contributed by atoms with Crippen molar-refractivity contribution in [3.05, 3.63) is 59.2 Å². The number of aliphatic imine (C=N–C) groups is 1. The van der Waals surface area contributed by atoms with Crippen LogP contribution in [0.4, 0.5) is 0 Å². The highest BCUT2D eigenvalue weighted by atomic mass is 127. The summed E-state index contributed by atoms with van der Waals surface area (Å²) < 4.78 is 10.9. The van der Waals surface area contributed by atoms with Gasteiger partial charge in [0.15, 0.2) is 17.5 Å². The quantitative estimate of drug-likeness (QED) is 0.425. The summed E-state index contributed by atoms with van der Waals surface area (Å²) in [5.41, 5.74) is 3.85. The summed E-state index contributed by atoms with van der Waals surface area (Å²) in [5, 5.41) is 3.45. The molecule has 1 N–H and O–H groups in total. The van der Waals surface area contributed by atoms with Crippen LogP contribution in [0.1, 0.15) is 16.7 Å². The summed E-state index contributed by atoms with van der Waals surface area (Å²) in [4.78, 5) is 6.74. The number of methoxy groups -OCH3 is 2. The highest BCUT2D eigenvalue weighted by Crippen LogP contribution is 2.30. The average molecular weight is 467 g/mol. The van der Waals surface area contributed by atoms with Crippen LogP contribution in [0.3, 0.4) is 0 Å². The molecule has 0 radical (unpaired) electrons. The molecule has 0 bridgehead atoms. The topological polar surface area (TPSA) is 46.1 Å². The van der Waals surface area contributed by atoms with Crippen LogP contribution in [0.5, 0.6) is 11.5 Å². The lowest BCUT2D eigenvalue weighted by atomic mass is 10.0. The largest absolute Gasteiger partial charge is 0.493 e. The lowest BCUT2D eigenvalue weighted by Gasteiger charge is -2.31. The number of fused-ring (bicyclic) bond motifs is 1. The standard InChI is InChI=1S/C20H25N3O2.HI/c1-21-20(23-12-11-15-7-4-5-8-17(15)14-23)22-13-16-9-6-10-18(24-2)19(16)25-3;/h4-10H,11-14H2,1-3H3,(H,21,22);1H. The number of rotatable bonds is 4. The second kappa shape index (κ2) is 9.66. The van der Waals surface area contributed by atoms with E-state index in [1.165, 1.54) is 11.1 Å². The van der Waals surface area contributed by atoms with E-state index in [0.29, 0.717) is 6.54 Å². The molecule has 0 amide bonds. The van der Waals surface area contributed by atoms with Gasteiger partial charge in [-0.2, -0.15) is 0 Å². The molecule has 0 aromatic heterocycles. The fourth-order valence-corrected chi connectivity index (χ4v) is 3.28. The molecule has 6 heteroatoms. The number of hydrogen-bond acceptors (Lipinski definition) is 3. The molecule has 0 aliphatic carbocycles. The van der Waals surface area contributed by atoms with Gasteiger partial charge in [0.1, 0.15) is 0 Å². The van der Waals surface area contributed by atoms with Crippen molar-refractivity contribution in [3.63, 3.8) is 0 Å². The number of halogens is 1. The Labute approximate surface area is 172 Å². The van der Waals surface area contributed by atoms with Crippen LogP contribution in [0.2, 0.25) is 0 Å². The Balaban J connectivity index is 0.00000243. The molecule has 5 nitrogen and oxygen atoms in total. The molecule has 140 valence electrons. The lowest BCUT2D eigenvalue weighted by Crippen LogP contribution is -2.43. The van der Waals surface area contributed by atoms with Gasteiger partial charge in [-0.25, -0.2) is 0 Å². The summed E-state index contributed by atoms with van der Waals surface area (Å²) in [7, 11) is 5.14.